The van der Waals surface area contributed by atoms with Gasteiger partial charge in [0.1, 0.15) is 11.6 Å². The third kappa shape index (κ3) is 4.59. The first-order valence-electron chi connectivity index (χ1n) is 7.89. The highest BCUT2D eigenvalue weighted by atomic mass is 79.9. The number of halogens is 2. The number of amides is 1. The largest absolute Gasteiger partial charge is 0.444 e. The molecule has 1 N–H and O–H groups in total. The average Bonchev–Trinajstić information content (AvgIpc) is 3.04. The normalized spacial score (nSPS) is 11.7. The van der Waals surface area contributed by atoms with Crippen LogP contribution in [0.1, 0.15) is 27.8 Å². The number of hydrogen-bond donors (Lipinski definition) is 1. The van der Waals surface area contributed by atoms with E-state index in [2.05, 4.69) is 26.4 Å². The van der Waals surface area contributed by atoms with Gasteiger partial charge in [0, 0.05) is 16.1 Å². The summed E-state index contributed by atoms with van der Waals surface area (Å²) in [5.74, 6) is -1.15. The van der Waals surface area contributed by atoms with Gasteiger partial charge in [-0.2, -0.15) is 0 Å². The Hall–Kier alpha value is -3.00. The standard InChI is InChI=1S/C19H14BrFN2O4/c1-11-9-16(23-27-11)22-18(24)17(12-5-3-2-4-6-12)26-19(25)14-8-7-13(21)10-15(14)20/h2-10,17H,1H3,(H,22,23,24). The molecule has 2 aromatic carbocycles. The van der Waals surface area contributed by atoms with Crippen LogP contribution >= 0.6 is 15.9 Å². The SMILES string of the molecule is Cc1cc(NC(=O)C(OC(=O)c2ccc(F)cc2Br)c2ccccc2)no1. The lowest BCUT2D eigenvalue weighted by atomic mass is 10.1. The van der Waals surface area contributed by atoms with E-state index in [1.165, 1.54) is 6.07 Å². The Morgan fingerprint density at radius 2 is 1.93 bits per heavy atom. The molecule has 0 saturated heterocycles. The molecule has 27 heavy (non-hydrogen) atoms. The zero-order valence-electron chi connectivity index (χ0n) is 14.1. The van der Waals surface area contributed by atoms with Gasteiger partial charge in [0.05, 0.1) is 5.56 Å². The summed E-state index contributed by atoms with van der Waals surface area (Å²) in [5.41, 5.74) is 0.573. The molecule has 0 aliphatic rings. The van der Waals surface area contributed by atoms with Gasteiger partial charge in [0.2, 0.25) is 6.10 Å². The van der Waals surface area contributed by atoms with Gasteiger partial charge >= 0.3 is 5.97 Å². The lowest BCUT2D eigenvalue weighted by molar-refractivity contribution is -0.125. The molecule has 138 valence electrons. The summed E-state index contributed by atoms with van der Waals surface area (Å²) < 4.78 is 23.8. The first kappa shape index (κ1) is 18.8. The van der Waals surface area contributed by atoms with Crippen molar-refractivity contribution in [2.45, 2.75) is 13.0 Å². The molecule has 8 heteroatoms. The maximum absolute atomic E-state index is 13.2. The first-order chi connectivity index (χ1) is 12.9. The number of rotatable bonds is 5. The monoisotopic (exact) mass is 432 g/mol. The van der Waals surface area contributed by atoms with Crippen LogP contribution in [0, 0.1) is 12.7 Å². The van der Waals surface area contributed by atoms with Gasteiger partial charge in [-0.3, -0.25) is 4.79 Å². The number of benzene rings is 2. The number of aryl methyl sites for hydroxylation is 1. The Morgan fingerprint density at radius 1 is 1.19 bits per heavy atom. The molecule has 1 unspecified atom stereocenters. The fraction of sp³-hybridized carbons (Fsp3) is 0.105. The van der Waals surface area contributed by atoms with Gasteiger partial charge in [-0.1, -0.05) is 35.5 Å². The Bertz CT molecular complexity index is 975. The maximum atomic E-state index is 13.2. The molecule has 1 amide bonds. The highest BCUT2D eigenvalue weighted by Crippen LogP contribution is 2.25. The zero-order chi connectivity index (χ0) is 19.4. The molecule has 0 aliphatic carbocycles. The number of nitrogens with one attached hydrogen (secondary N) is 1. The average molecular weight is 433 g/mol. The molecule has 1 aromatic heterocycles. The number of ether oxygens (including phenoxy) is 1. The zero-order valence-corrected chi connectivity index (χ0v) is 15.7. The lowest BCUT2D eigenvalue weighted by Crippen LogP contribution is -2.26. The number of nitrogens with zero attached hydrogens (tertiary/aromatic N) is 1. The van der Waals surface area contributed by atoms with Crippen LogP contribution in [0.15, 0.2) is 63.6 Å². The number of carbonyl (C=O) groups is 2. The number of aromatic nitrogens is 1. The minimum absolute atomic E-state index is 0.0995. The van der Waals surface area contributed by atoms with Crippen LogP contribution in [-0.4, -0.2) is 17.0 Å². The van der Waals surface area contributed by atoms with Crippen LogP contribution in [0.25, 0.3) is 0 Å². The van der Waals surface area contributed by atoms with E-state index in [0.717, 1.165) is 12.1 Å². The number of esters is 1. The van der Waals surface area contributed by atoms with E-state index in [0.29, 0.717) is 11.3 Å². The number of anilines is 1. The molecule has 1 heterocycles. The third-order valence-corrected chi connectivity index (χ3v) is 4.25. The molecular weight excluding hydrogens is 419 g/mol. The summed E-state index contributed by atoms with van der Waals surface area (Å²) in [4.78, 5) is 25.2. The molecule has 3 rings (SSSR count). The number of hydrogen-bond acceptors (Lipinski definition) is 5. The van der Waals surface area contributed by atoms with Crippen LogP contribution in [0.3, 0.4) is 0 Å². The molecule has 0 spiro atoms. The van der Waals surface area contributed by atoms with Crippen molar-refractivity contribution in [1.29, 1.82) is 0 Å². The smallest absolute Gasteiger partial charge is 0.340 e. The molecule has 0 radical (unpaired) electrons. The van der Waals surface area contributed by atoms with Crippen LogP contribution < -0.4 is 5.32 Å². The highest BCUT2D eigenvalue weighted by Gasteiger charge is 2.27. The molecule has 1 atom stereocenters. The predicted octanol–water partition coefficient (Wildman–Crippen LogP) is 4.42. The fourth-order valence-electron chi connectivity index (χ4n) is 2.34. The summed E-state index contributed by atoms with van der Waals surface area (Å²) in [6.45, 7) is 1.68. The van der Waals surface area contributed by atoms with E-state index in [1.54, 1.807) is 43.3 Å². The second-order valence-corrected chi connectivity index (χ2v) is 6.49. The summed E-state index contributed by atoms with van der Waals surface area (Å²) in [5, 5.41) is 6.25. The first-order valence-corrected chi connectivity index (χ1v) is 8.68. The van der Waals surface area contributed by atoms with Crippen LogP contribution in [0.4, 0.5) is 10.2 Å². The Balaban J connectivity index is 1.86. The molecule has 3 aromatic rings. The minimum Gasteiger partial charge on any atom is -0.444 e. The van der Waals surface area contributed by atoms with Crippen LogP contribution in [0.2, 0.25) is 0 Å². The van der Waals surface area contributed by atoms with Gasteiger partial charge in [-0.25, -0.2) is 9.18 Å². The molecule has 0 fully saturated rings. The van der Waals surface area contributed by atoms with E-state index >= 15 is 0 Å². The van der Waals surface area contributed by atoms with Gasteiger partial charge < -0.3 is 14.6 Å². The van der Waals surface area contributed by atoms with E-state index in [9.17, 15) is 14.0 Å². The third-order valence-electron chi connectivity index (χ3n) is 3.60. The minimum atomic E-state index is -1.23. The Kier molecular flexibility index (Phi) is 5.66. The van der Waals surface area contributed by atoms with Crippen molar-refractivity contribution in [3.8, 4) is 0 Å². The molecule has 0 bridgehead atoms. The fourth-order valence-corrected chi connectivity index (χ4v) is 2.86. The molecule has 0 saturated carbocycles. The summed E-state index contributed by atoms with van der Waals surface area (Å²) >= 11 is 3.12. The van der Waals surface area contributed by atoms with Gasteiger partial charge in [0.25, 0.3) is 5.91 Å². The Morgan fingerprint density at radius 3 is 2.56 bits per heavy atom. The van der Waals surface area contributed by atoms with Crippen molar-refractivity contribution >= 4 is 33.6 Å². The van der Waals surface area contributed by atoms with Crippen molar-refractivity contribution in [1.82, 2.24) is 5.16 Å². The van der Waals surface area contributed by atoms with E-state index in [4.69, 9.17) is 9.26 Å². The molecule has 6 nitrogen and oxygen atoms in total. The van der Waals surface area contributed by atoms with Crippen LogP contribution in [0.5, 0.6) is 0 Å². The van der Waals surface area contributed by atoms with Gasteiger partial charge in [0.15, 0.2) is 5.82 Å². The van der Waals surface area contributed by atoms with Crippen molar-refractivity contribution < 1.29 is 23.2 Å². The molecular formula is C19H14BrFN2O4. The van der Waals surface area contributed by atoms with Crippen molar-refractivity contribution in [2.24, 2.45) is 0 Å². The van der Waals surface area contributed by atoms with E-state index in [-0.39, 0.29) is 15.9 Å². The maximum Gasteiger partial charge on any atom is 0.340 e. The van der Waals surface area contributed by atoms with E-state index < -0.39 is 23.8 Å². The quantitative estimate of drug-likeness (QED) is 0.603. The van der Waals surface area contributed by atoms with Crippen molar-refractivity contribution in [3.05, 3.63) is 81.8 Å². The highest BCUT2D eigenvalue weighted by molar-refractivity contribution is 9.10. The predicted molar refractivity (Wildman–Crippen MR) is 98.6 cm³/mol. The Labute approximate surface area is 162 Å². The van der Waals surface area contributed by atoms with Crippen molar-refractivity contribution in [3.63, 3.8) is 0 Å². The summed E-state index contributed by atoms with van der Waals surface area (Å²) in [6, 6.07) is 13.6. The lowest BCUT2D eigenvalue weighted by Gasteiger charge is -2.17. The van der Waals surface area contributed by atoms with Gasteiger partial charge in [-0.05, 0) is 41.1 Å². The second kappa shape index (κ2) is 8.13. The summed E-state index contributed by atoms with van der Waals surface area (Å²) in [7, 11) is 0. The van der Waals surface area contributed by atoms with Crippen LogP contribution in [-0.2, 0) is 9.53 Å². The topological polar surface area (TPSA) is 81.4 Å². The van der Waals surface area contributed by atoms with Gasteiger partial charge in [-0.15, -0.1) is 0 Å². The van der Waals surface area contributed by atoms with Crippen molar-refractivity contribution in [2.75, 3.05) is 5.32 Å². The molecule has 0 aliphatic heterocycles. The second-order valence-electron chi connectivity index (χ2n) is 5.63. The number of carbonyl (C=O) groups excluding carboxylic acids is 2. The van der Waals surface area contributed by atoms with E-state index in [1.807, 2.05) is 0 Å². The summed E-state index contributed by atoms with van der Waals surface area (Å²) in [6.07, 6.45) is -1.23.